The van der Waals surface area contributed by atoms with E-state index in [0.29, 0.717) is 13.8 Å². The lowest BCUT2D eigenvalue weighted by Crippen LogP contribution is -2.73. The summed E-state index contributed by atoms with van der Waals surface area (Å²) in [5.74, 6) is -98.5. The maximum Gasteiger partial charge on any atom is 0.471 e. The van der Waals surface area contributed by atoms with E-state index >= 15 is 0 Å². The van der Waals surface area contributed by atoms with Crippen LogP contribution in [0, 0.1) is 16.0 Å². The molecule has 0 fully saturated rings. The number of halogens is 30. The molecule has 1 aromatic carbocycles. The van der Waals surface area contributed by atoms with E-state index in [4.69, 9.17) is 0 Å². The van der Waals surface area contributed by atoms with Crippen LogP contribution in [-0.4, -0.2) is 93.8 Å². The van der Waals surface area contributed by atoms with Crippen molar-refractivity contribution in [3.05, 3.63) is 27.8 Å². The van der Waals surface area contributed by atoms with Crippen molar-refractivity contribution in [1.82, 2.24) is 0 Å². The molecular weight excluding hydrogens is 952 g/mol. The van der Waals surface area contributed by atoms with Crippen molar-refractivity contribution in [1.29, 1.82) is 0 Å². The summed E-state index contributed by atoms with van der Waals surface area (Å²) in [6, 6.07) is -2.65. The Kier molecular flexibility index (Phi) is 13.2. The van der Waals surface area contributed by atoms with Crippen LogP contribution >= 0.6 is 0 Å². The van der Waals surface area contributed by atoms with Gasteiger partial charge in [-0.25, -0.2) is 0 Å². The largest absolute Gasteiger partial charge is 0.471 e. The molecule has 0 aliphatic carbocycles. The number of nitrogens with zero attached hydrogens (tertiary/aromatic N) is 1. The second kappa shape index (κ2) is 14.6. The highest BCUT2D eigenvalue weighted by molar-refractivity contribution is 5.55. The minimum atomic E-state index is -9.15. The van der Waals surface area contributed by atoms with Crippen LogP contribution in [0.25, 0.3) is 0 Å². The molecule has 1 N–H and O–H groups in total. The second-order valence-electron chi connectivity index (χ2n) is 11.8. The number of aliphatic hydroxyl groups is 1. The SMILES string of the molecule is CC(C)C(O)c1cc(OC(F)(F)C(F)(F)C(F)(F)C(F)(F)C(F)(F)C(F)(F)C(F)(F)F)c(OC(F)(F)C(F)(F)C(F)(F)C(F)(F)C(F)(F)C(F)(F)C(F)(F)F)cc1[N+](=O)[O-]. The molecule has 0 saturated carbocycles. The van der Waals surface area contributed by atoms with Crippen LogP contribution < -0.4 is 9.47 Å². The van der Waals surface area contributed by atoms with Gasteiger partial charge in [0.05, 0.1) is 22.7 Å². The number of ether oxygens (including phenoxy) is 2. The van der Waals surface area contributed by atoms with Crippen LogP contribution in [0.15, 0.2) is 12.1 Å². The number of nitro groups is 1. The summed E-state index contributed by atoms with van der Waals surface area (Å²) in [4.78, 5) is 9.22. The number of hydrogen-bond donors (Lipinski definition) is 1. The molecule has 1 aromatic rings. The lowest BCUT2D eigenvalue weighted by atomic mass is 9.93. The van der Waals surface area contributed by atoms with Crippen LogP contribution in [0.3, 0.4) is 0 Å². The highest BCUT2D eigenvalue weighted by Crippen LogP contribution is 2.65. The first kappa shape index (κ1) is 54.1. The number of benzene rings is 1. The quantitative estimate of drug-likeness (QED) is 0.0956. The van der Waals surface area contributed by atoms with Crippen LogP contribution in [0.2, 0.25) is 0 Å². The highest BCUT2D eigenvalue weighted by atomic mass is 19.4. The Morgan fingerprint density at radius 3 is 0.917 bits per heavy atom. The minimum absolute atomic E-state index is 0.649. The predicted octanol–water partition coefficient (Wildman–Crippen LogP) is 11.7. The van der Waals surface area contributed by atoms with Crippen LogP contribution in [0.5, 0.6) is 11.5 Å². The summed E-state index contributed by atoms with van der Waals surface area (Å²) in [6.07, 6.45) is -35.7. The standard InChI is InChI=1S/C24H11F30NO5/c1-5(2)10(56)6-3-8(59-23(51,52)19(41,42)15(33,34)11(25,26)13(29,30)17(37,38)21(45,46)47)9(4-7(6)55(57)58)60-24(53,54)20(43,44)16(35,36)12(27,28)14(31,32)18(39,40)22(48,49)50/h3-5,10,56H,1-2H3. The lowest BCUT2D eigenvalue weighted by Gasteiger charge is -2.41. The van der Waals surface area contributed by atoms with Gasteiger partial charge in [-0.1, -0.05) is 13.8 Å². The molecule has 36 heteroatoms. The maximum absolute atomic E-state index is 14.6. The van der Waals surface area contributed by atoms with Crippen molar-refractivity contribution >= 4 is 5.69 Å². The van der Waals surface area contributed by atoms with Gasteiger partial charge in [-0.15, -0.1) is 0 Å². The Morgan fingerprint density at radius 1 is 0.450 bits per heavy atom. The third-order valence-corrected chi connectivity index (χ3v) is 7.31. The smallest absolute Gasteiger partial charge is 0.424 e. The fourth-order valence-electron chi connectivity index (χ4n) is 3.79. The van der Waals surface area contributed by atoms with Gasteiger partial charge in [0.15, 0.2) is 11.5 Å². The molecule has 6 nitrogen and oxygen atoms in total. The first-order valence-corrected chi connectivity index (χ1v) is 13.8. The first-order chi connectivity index (χ1) is 25.7. The van der Waals surface area contributed by atoms with Crippen molar-refractivity contribution in [3.8, 4) is 11.5 Å². The summed E-state index contributed by atoms with van der Waals surface area (Å²) < 4.78 is 413. The van der Waals surface area contributed by atoms with Crippen molar-refractivity contribution in [2.75, 3.05) is 0 Å². The molecule has 352 valence electrons. The Hall–Kier alpha value is -3.92. The molecule has 0 bridgehead atoms. The van der Waals surface area contributed by atoms with Gasteiger partial charge < -0.3 is 14.6 Å². The third kappa shape index (κ3) is 7.55. The normalized spacial score (nSPS) is 16.3. The Labute approximate surface area is 307 Å². The zero-order valence-corrected chi connectivity index (χ0v) is 27.2. The molecule has 0 saturated heterocycles. The average Bonchev–Trinajstić information content (AvgIpc) is 3.02. The summed E-state index contributed by atoms with van der Waals surface area (Å²) in [5, 5.41) is 21.5. The van der Waals surface area contributed by atoms with Crippen LogP contribution in [-0.2, 0) is 0 Å². The van der Waals surface area contributed by atoms with Crippen molar-refractivity contribution in [2.45, 2.75) is 104 Å². The number of nitro benzene ring substituents is 1. The summed E-state index contributed by atoms with van der Waals surface area (Å²) >= 11 is 0. The molecule has 1 rings (SSSR count). The monoisotopic (exact) mass is 963 g/mol. The fourth-order valence-corrected chi connectivity index (χ4v) is 3.79. The molecule has 0 amide bonds. The number of hydrogen-bond acceptors (Lipinski definition) is 5. The molecule has 0 aliphatic rings. The van der Waals surface area contributed by atoms with E-state index in [0.717, 1.165) is 0 Å². The molecule has 0 aromatic heterocycles. The molecule has 0 aliphatic heterocycles. The van der Waals surface area contributed by atoms with Crippen molar-refractivity contribution < 1.29 is 151 Å². The highest BCUT2D eigenvalue weighted by Gasteiger charge is 2.96. The molecule has 1 atom stereocenters. The van der Waals surface area contributed by atoms with Crippen LogP contribution in [0.1, 0.15) is 25.5 Å². The summed E-state index contributed by atoms with van der Waals surface area (Å²) in [6.45, 7) is 1.30. The molecular formula is C24H11F30NO5. The second-order valence-corrected chi connectivity index (χ2v) is 11.8. The summed E-state index contributed by atoms with van der Waals surface area (Å²) in [5.41, 5.74) is -4.45. The van der Waals surface area contributed by atoms with E-state index in [-0.39, 0.29) is 0 Å². The van der Waals surface area contributed by atoms with Gasteiger partial charge in [-0.2, -0.15) is 132 Å². The van der Waals surface area contributed by atoms with Gasteiger partial charge in [0.25, 0.3) is 5.69 Å². The van der Waals surface area contributed by atoms with Crippen LogP contribution in [0.4, 0.5) is 137 Å². The van der Waals surface area contributed by atoms with Gasteiger partial charge in [0.2, 0.25) is 0 Å². The van der Waals surface area contributed by atoms with Gasteiger partial charge in [0, 0.05) is 0 Å². The molecule has 0 spiro atoms. The van der Waals surface area contributed by atoms with E-state index < -0.39 is 136 Å². The number of rotatable bonds is 17. The molecule has 60 heavy (non-hydrogen) atoms. The summed E-state index contributed by atoms with van der Waals surface area (Å²) in [7, 11) is 0. The molecule has 1 unspecified atom stereocenters. The first-order valence-electron chi connectivity index (χ1n) is 13.8. The van der Waals surface area contributed by atoms with Gasteiger partial charge in [0.1, 0.15) is 0 Å². The maximum atomic E-state index is 14.6. The topological polar surface area (TPSA) is 81.8 Å². The molecule has 0 radical (unpaired) electrons. The molecule has 0 heterocycles. The van der Waals surface area contributed by atoms with Crippen molar-refractivity contribution in [3.63, 3.8) is 0 Å². The Bertz CT molecular complexity index is 1750. The zero-order chi connectivity index (χ0) is 48.9. The van der Waals surface area contributed by atoms with E-state index in [2.05, 4.69) is 9.47 Å². The van der Waals surface area contributed by atoms with E-state index in [1.165, 1.54) is 0 Å². The van der Waals surface area contributed by atoms with Gasteiger partial charge in [-0.3, -0.25) is 10.1 Å². The Morgan fingerprint density at radius 2 is 0.683 bits per heavy atom. The third-order valence-electron chi connectivity index (χ3n) is 7.31. The Balaban J connectivity index is 4.29. The van der Waals surface area contributed by atoms with E-state index in [1.54, 1.807) is 0 Å². The lowest BCUT2D eigenvalue weighted by molar-refractivity contribution is -0.466. The van der Waals surface area contributed by atoms with E-state index in [1.807, 2.05) is 0 Å². The minimum Gasteiger partial charge on any atom is -0.424 e. The van der Waals surface area contributed by atoms with Gasteiger partial charge >= 0.3 is 83.8 Å². The average molecular weight is 963 g/mol. The van der Waals surface area contributed by atoms with Gasteiger partial charge in [-0.05, 0) is 12.0 Å². The predicted molar refractivity (Wildman–Crippen MR) is 126 cm³/mol. The van der Waals surface area contributed by atoms with E-state index in [9.17, 15) is 147 Å². The van der Waals surface area contributed by atoms with Crippen molar-refractivity contribution in [2.24, 2.45) is 5.92 Å². The number of aliphatic hydroxyl groups excluding tert-OH is 1. The number of alkyl halides is 30. The zero-order valence-electron chi connectivity index (χ0n) is 27.2. The fraction of sp³-hybridized carbons (Fsp3) is 0.750.